The first-order valence-corrected chi connectivity index (χ1v) is 5.82. The van der Waals surface area contributed by atoms with E-state index in [-0.39, 0.29) is 18.9 Å². The maximum atomic E-state index is 9.46. The minimum Gasteiger partial charge on any atom is -0.506 e. The van der Waals surface area contributed by atoms with Crippen molar-refractivity contribution in [2.75, 3.05) is 0 Å². The average molecular weight is 265 g/mol. The number of pyridine rings is 1. The molecule has 4 nitrogen and oxygen atoms in total. The van der Waals surface area contributed by atoms with Crippen molar-refractivity contribution >= 4 is 11.6 Å². The van der Waals surface area contributed by atoms with Gasteiger partial charge in [-0.1, -0.05) is 23.7 Å². The number of para-hydroxylation sites is 1. The quantitative estimate of drug-likeness (QED) is 0.890. The summed E-state index contributed by atoms with van der Waals surface area (Å²) >= 11 is 5.97. The van der Waals surface area contributed by atoms with Gasteiger partial charge in [-0.25, -0.2) is 0 Å². The number of hydrogen-bond donors (Lipinski definition) is 2. The van der Waals surface area contributed by atoms with E-state index < -0.39 is 0 Å². The fraction of sp³-hybridized carbons (Fsp3) is 0.154. The number of aromatic nitrogens is 1. The average Bonchev–Trinajstić information content (AvgIpc) is 2.39. The van der Waals surface area contributed by atoms with Crippen LogP contribution in [0.5, 0.6) is 11.5 Å². The molecule has 0 atom stereocenters. The van der Waals surface area contributed by atoms with E-state index >= 15 is 0 Å². The molecule has 2 aromatic rings. The Balaban J connectivity index is 2.09. The largest absolute Gasteiger partial charge is 0.506 e. The van der Waals surface area contributed by atoms with E-state index in [1.165, 1.54) is 6.20 Å². The molecule has 0 unspecified atom stereocenters. The Kier molecular flexibility index (Phi) is 4.02. The number of ether oxygens (including phenoxy) is 1. The molecule has 1 heterocycles. The Morgan fingerprint density at radius 2 is 2.11 bits per heavy atom. The summed E-state index contributed by atoms with van der Waals surface area (Å²) in [5.74, 6) is 0.697. The highest BCUT2D eigenvalue weighted by molar-refractivity contribution is 6.32. The molecule has 0 aliphatic heterocycles. The second-order valence-corrected chi connectivity index (χ2v) is 4.13. The number of halogens is 1. The number of hydrogen-bond acceptors (Lipinski definition) is 4. The predicted octanol–water partition coefficient (Wildman–Crippen LogP) is 2.48. The van der Waals surface area contributed by atoms with Gasteiger partial charge in [0.2, 0.25) is 0 Å². The second-order valence-electron chi connectivity index (χ2n) is 3.73. The Hall–Kier alpha value is -1.78. The van der Waals surface area contributed by atoms with Gasteiger partial charge in [0.25, 0.3) is 0 Å². The van der Waals surface area contributed by atoms with Crippen molar-refractivity contribution in [1.29, 1.82) is 0 Å². The molecule has 5 heteroatoms. The van der Waals surface area contributed by atoms with Crippen molar-refractivity contribution < 1.29 is 9.84 Å². The minimum atomic E-state index is 0.0963. The molecule has 0 saturated heterocycles. The summed E-state index contributed by atoms with van der Waals surface area (Å²) in [5, 5.41) is 10.0. The molecule has 0 aliphatic carbocycles. The molecular formula is C13H13ClN2O2. The lowest BCUT2D eigenvalue weighted by Crippen LogP contribution is -2.02. The Bertz CT molecular complexity index is 546. The fourth-order valence-electron chi connectivity index (χ4n) is 1.50. The van der Waals surface area contributed by atoms with Crippen LogP contribution in [0.15, 0.2) is 36.5 Å². The molecule has 1 aromatic carbocycles. The van der Waals surface area contributed by atoms with Crippen LogP contribution in [0.25, 0.3) is 0 Å². The molecule has 2 rings (SSSR count). The third-order valence-electron chi connectivity index (χ3n) is 2.45. The summed E-state index contributed by atoms with van der Waals surface area (Å²) in [6.07, 6.45) is 1.37. The van der Waals surface area contributed by atoms with Gasteiger partial charge in [0.05, 0.1) is 16.9 Å². The molecular weight excluding hydrogens is 252 g/mol. The van der Waals surface area contributed by atoms with Crippen LogP contribution >= 0.6 is 11.6 Å². The number of nitrogens with two attached hydrogens (primary N) is 1. The van der Waals surface area contributed by atoms with E-state index in [1.54, 1.807) is 18.2 Å². The van der Waals surface area contributed by atoms with Crippen LogP contribution < -0.4 is 10.5 Å². The topological polar surface area (TPSA) is 68.4 Å². The van der Waals surface area contributed by atoms with E-state index in [0.29, 0.717) is 22.0 Å². The number of rotatable bonds is 4. The minimum absolute atomic E-state index is 0.0963. The standard InChI is InChI=1S/C13H13ClN2O2/c14-11-3-1-2-4-13(11)18-8-10-5-9(6-15)12(17)7-16-10/h1-5,7,17H,6,8,15H2. The van der Waals surface area contributed by atoms with Crippen LogP contribution in [-0.4, -0.2) is 10.1 Å². The third-order valence-corrected chi connectivity index (χ3v) is 2.77. The monoisotopic (exact) mass is 264 g/mol. The van der Waals surface area contributed by atoms with E-state index in [2.05, 4.69) is 4.98 Å². The molecule has 0 bridgehead atoms. The van der Waals surface area contributed by atoms with Crippen molar-refractivity contribution in [3.63, 3.8) is 0 Å². The summed E-state index contributed by atoms with van der Waals surface area (Å²) in [5.41, 5.74) is 6.83. The molecule has 0 fully saturated rings. The lowest BCUT2D eigenvalue weighted by Gasteiger charge is -2.08. The van der Waals surface area contributed by atoms with Gasteiger partial charge in [0.1, 0.15) is 18.1 Å². The lowest BCUT2D eigenvalue weighted by atomic mass is 10.2. The Labute approximate surface area is 110 Å². The molecule has 94 valence electrons. The first-order valence-electron chi connectivity index (χ1n) is 5.45. The summed E-state index contributed by atoms with van der Waals surface area (Å²) < 4.78 is 5.55. The predicted molar refractivity (Wildman–Crippen MR) is 69.6 cm³/mol. The number of aromatic hydroxyl groups is 1. The van der Waals surface area contributed by atoms with E-state index in [1.807, 2.05) is 12.1 Å². The SMILES string of the molecule is NCc1cc(COc2ccccc2Cl)ncc1O. The van der Waals surface area contributed by atoms with Gasteiger partial charge in [-0.05, 0) is 18.2 Å². The maximum Gasteiger partial charge on any atom is 0.138 e. The molecule has 1 aromatic heterocycles. The zero-order chi connectivity index (χ0) is 13.0. The molecule has 0 aliphatic rings. The summed E-state index contributed by atoms with van der Waals surface area (Å²) in [4.78, 5) is 4.06. The second kappa shape index (κ2) is 5.71. The van der Waals surface area contributed by atoms with Crippen LogP contribution in [-0.2, 0) is 13.2 Å². The van der Waals surface area contributed by atoms with Crippen LogP contribution in [0.4, 0.5) is 0 Å². The fourth-order valence-corrected chi connectivity index (χ4v) is 1.69. The Morgan fingerprint density at radius 3 is 2.83 bits per heavy atom. The van der Waals surface area contributed by atoms with E-state index in [0.717, 1.165) is 0 Å². The van der Waals surface area contributed by atoms with Crippen LogP contribution in [0, 0.1) is 0 Å². The van der Waals surface area contributed by atoms with Gasteiger partial charge in [-0.3, -0.25) is 4.98 Å². The molecule has 18 heavy (non-hydrogen) atoms. The normalized spacial score (nSPS) is 10.3. The first-order chi connectivity index (χ1) is 8.70. The number of benzene rings is 1. The van der Waals surface area contributed by atoms with Gasteiger partial charge in [0.15, 0.2) is 0 Å². The maximum absolute atomic E-state index is 9.46. The van der Waals surface area contributed by atoms with E-state index in [9.17, 15) is 5.11 Å². The Morgan fingerprint density at radius 1 is 1.33 bits per heavy atom. The van der Waals surface area contributed by atoms with Gasteiger partial charge < -0.3 is 15.6 Å². The van der Waals surface area contributed by atoms with Crippen LogP contribution in [0.1, 0.15) is 11.3 Å². The highest BCUT2D eigenvalue weighted by Crippen LogP contribution is 2.24. The molecule has 0 radical (unpaired) electrons. The molecule has 0 amide bonds. The van der Waals surface area contributed by atoms with Gasteiger partial charge >= 0.3 is 0 Å². The van der Waals surface area contributed by atoms with Crippen LogP contribution in [0.2, 0.25) is 5.02 Å². The summed E-state index contributed by atoms with van der Waals surface area (Å²) in [6.45, 7) is 0.532. The van der Waals surface area contributed by atoms with Crippen molar-refractivity contribution in [2.45, 2.75) is 13.2 Å². The summed E-state index contributed by atoms with van der Waals surface area (Å²) in [6, 6.07) is 8.93. The smallest absolute Gasteiger partial charge is 0.138 e. The van der Waals surface area contributed by atoms with E-state index in [4.69, 9.17) is 22.1 Å². The highest BCUT2D eigenvalue weighted by atomic mass is 35.5. The zero-order valence-corrected chi connectivity index (χ0v) is 10.4. The molecule has 0 spiro atoms. The van der Waals surface area contributed by atoms with Gasteiger partial charge in [-0.2, -0.15) is 0 Å². The van der Waals surface area contributed by atoms with Crippen molar-refractivity contribution in [2.24, 2.45) is 5.73 Å². The first kappa shape index (κ1) is 12.7. The van der Waals surface area contributed by atoms with Gasteiger partial charge in [-0.15, -0.1) is 0 Å². The third kappa shape index (κ3) is 2.91. The van der Waals surface area contributed by atoms with Crippen molar-refractivity contribution in [3.05, 3.63) is 52.8 Å². The lowest BCUT2D eigenvalue weighted by molar-refractivity contribution is 0.301. The van der Waals surface area contributed by atoms with Crippen LogP contribution in [0.3, 0.4) is 0 Å². The zero-order valence-electron chi connectivity index (χ0n) is 9.64. The molecule has 3 N–H and O–H groups in total. The number of nitrogens with zero attached hydrogens (tertiary/aromatic N) is 1. The highest BCUT2D eigenvalue weighted by Gasteiger charge is 2.05. The summed E-state index contributed by atoms with van der Waals surface area (Å²) in [7, 11) is 0. The molecule has 0 saturated carbocycles. The van der Waals surface area contributed by atoms with Gasteiger partial charge in [0, 0.05) is 12.1 Å². The van der Waals surface area contributed by atoms with Crippen molar-refractivity contribution in [1.82, 2.24) is 4.98 Å². The van der Waals surface area contributed by atoms with Crippen molar-refractivity contribution in [3.8, 4) is 11.5 Å².